The normalized spacial score (nSPS) is 13.5. The summed E-state index contributed by atoms with van der Waals surface area (Å²) >= 11 is 0. The number of nitrogens with zero attached hydrogens (tertiary/aromatic N) is 3. The first-order valence-corrected chi connectivity index (χ1v) is 12.0. The van der Waals surface area contributed by atoms with Gasteiger partial charge in [0.15, 0.2) is 11.6 Å². The number of carbonyl (C=O) groups excluding carboxylic acids is 1. The smallest absolute Gasteiger partial charge is 0.334 e. The number of imidazole rings is 1. The largest absolute Gasteiger partial charge is 0.495 e. The lowest BCUT2D eigenvalue weighted by atomic mass is 10.1. The molecule has 0 unspecified atom stereocenters. The van der Waals surface area contributed by atoms with Crippen LogP contribution in [0.25, 0.3) is 16.9 Å². The maximum Gasteiger partial charge on any atom is 0.334 e. The predicted octanol–water partition coefficient (Wildman–Crippen LogP) is 3.69. The zero-order chi connectivity index (χ0) is 25.9. The standard InChI is InChI=1S/C28H26F2N4O3/c1-37-24-10-6-5-9-23(24)34-25(20-7-3-2-4-8-20)26(27(35)32-15-13-31-14-16-32)33(28(34)36)18-19-11-12-21(29)22(30)17-19/h2-12,17,31H,13-16,18H2,1H3. The van der Waals surface area contributed by atoms with E-state index in [0.717, 1.165) is 12.1 Å². The number of nitrogens with one attached hydrogen (secondary N) is 1. The van der Waals surface area contributed by atoms with Gasteiger partial charge in [-0.15, -0.1) is 0 Å². The second kappa shape index (κ2) is 10.4. The number of aromatic nitrogens is 2. The van der Waals surface area contributed by atoms with Gasteiger partial charge in [0.2, 0.25) is 0 Å². The molecule has 7 nitrogen and oxygen atoms in total. The van der Waals surface area contributed by atoms with Crippen molar-refractivity contribution < 1.29 is 18.3 Å². The van der Waals surface area contributed by atoms with Crippen molar-refractivity contribution in [1.82, 2.24) is 19.4 Å². The minimum atomic E-state index is -1.02. The molecule has 190 valence electrons. The van der Waals surface area contributed by atoms with E-state index in [1.165, 1.54) is 22.3 Å². The molecule has 9 heteroatoms. The highest BCUT2D eigenvalue weighted by atomic mass is 19.2. The van der Waals surface area contributed by atoms with E-state index in [4.69, 9.17) is 4.74 Å². The molecule has 3 aromatic carbocycles. The number of rotatable bonds is 6. The summed E-state index contributed by atoms with van der Waals surface area (Å²) in [6, 6.07) is 19.7. The van der Waals surface area contributed by atoms with Gasteiger partial charge in [-0.1, -0.05) is 48.5 Å². The van der Waals surface area contributed by atoms with Gasteiger partial charge in [-0.2, -0.15) is 0 Å². The van der Waals surface area contributed by atoms with Gasteiger partial charge in [-0.05, 0) is 29.8 Å². The number of hydrogen-bond acceptors (Lipinski definition) is 4. The number of halogens is 2. The van der Waals surface area contributed by atoms with Crippen LogP contribution >= 0.6 is 0 Å². The highest BCUT2D eigenvalue weighted by Crippen LogP contribution is 2.31. The zero-order valence-corrected chi connectivity index (χ0v) is 20.3. The van der Waals surface area contributed by atoms with E-state index in [2.05, 4.69) is 5.32 Å². The van der Waals surface area contributed by atoms with Gasteiger partial charge in [0.25, 0.3) is 5.91 Å². The summed E-state index contributed by atoms with van der Waals surface area (Å²) in [6.45, 7) is 2.10. The molecule has 5 rings (SSSR count). The third kappa shape index (κ3) is 4.65. The Morgan fingerprint density at radius 3 is 2.35 bits per heavy atom. The van der Waals surface area contributed by atoms with Crippen LogP contribution in [-0.4, -0.2) is 53.2 Å². The Morgan fingerprint density at radius 1 is 0.946 bits per heavy atom. The van der Waals surface area contributed by atoms with Crippen molar-refractivity contribution in [3.8, 4) is 22.7 Å². The summed E-state index contributed by atoms with van der Waals surface area (Å²) < 4.78 is 36.1. The van der Waals surface area contributed by atoms with Crippen molar-refractivity contribution in [3.05, 3.63) is 106 Å². The Balaban J connectivity index is 1.81. The number of hydrogen-bond donors (Lipinski definition) is 1. The Labute approximate surface area is 212 Å². The van der Waals surface area contributed by atoms with E-state index in [-0.39, 0.29) is 18.1 Å². The van der Waals surface area contributed by atoms with Gasteiger partial charge in [0, 0.05) is 31.7 Å². The summed E-state index contributed by atoms with van der Waals surface area (Å²) in [4.78, 5) is 29.9. The molecule has 0 bridgehead atoms. The van der Waals surface area contributed by atoms with Crippen LogP contribution in [0, 0.1) is 11.6 Å². The molecular formula is C28H26F2N4O3. The summed E-state index contributed by atoms with van der Waals surface area (Å²) in [5.74, 6) is -1.86. The lowest BCUT2D eigenvalue weighted by Gasteiger charge is -2.28. The SMILES string of the molecule is COc1ccccc1-n1c(-c2ccccc2)c(C(=O)N2CCNCC2)n(Cc2ccc(F)c(F)c2)c1=O. The average Bonchev–Trinajstić information content (AvgIpc) is 3.22. The molecule has 0 aliphatic carbocycles. The first kappa shape index (κ1) is 24.5. The van der Waals surface area contributed by atoms with Crippen LogP contribution in [0.1, 0.15) is 16.1 Å². The fourth-order valence-electron chi connectivity index (χ4n) is 4.65. The fourth-order valence-corrected chi connectivity index (χ4v) is 4.65. The summed E-state index contributed by atoms with van der Waals surface area (Å²) in [6.07, 6.45) is 0. The van der Waals surface area contributed by atoms with Crippen LogP contribution in [0.5, 0.6) is 5.75 Å². The maximum absolute atomic E-state index is 14.1. The number of ether oxygens (including phenoxy) is 1. The van der Waals surface area contributed by atoms with E-state index in [1.807, 2.05) is 30.3 Å². The first-order chi connectivity index (χ1) is 18.0. The summed E-state index contributed by atoms with van der Waals surface area (Å²) in [5, 5.41) is 3.23. The molecule has 0 radical (unpaired) electrons. The Kier molecular flexibility index (Phi) is 6.87. The van der Waals surface area contributed by atoms with E-state index >= 15 is 0 Å². The minimum absolute atomic E-state index is 0.120. The third-order valence-corrected chi connectivity index (χ3v) is 6.44. The predicted molar refractivity (Wildman–Crippen MR) is 136 cm³/mol. The lowest BCUT2D eigenvalue weighted by Crippen LogP contribution is -2.47. The number of para-hydroxylation sites is 2. The second-order valence-corrected chi connectivity index (χ2v) is 8.73. The van der Waals surface area contributed by atoms with Gasteiger partial charge < -0.3 is 15.0 Å². The number of piperazine rings is 1. The van der Waals surface area contributed by atoms with Crippen LogP contribution in [0.2, 0.25) is 0 Å². The molecule has 0 atom stereocenters. The van der Waals surface area contributed by atoms with Gasteiger partial charge >= 0.3 is 5.69 Å². The lowest BCUT2D eigenvalue weighted by molar-refractivity contribution is 0.0725. The molecule has 0 saturated carbocycles. The van der Waals surface area contributed by atoms with Gasteiger partial charge in [0.05, 0.1) is 25.0 Å². The topological polar surface area (TPSA) is 68.5 Å². The minimum Gasteiger partial charge on any atom is -0.495 e. The molecule has 37 heavy (non-hydrogen) atoms. The van der Waals surface area contributed by atoms with Crippen molar-refractivity contribution in [3.63, 3.8) is 0 Å². The Morgan fingerprint density at radius 2 is 1.65 bits per heavy atom. The Hall–Kier alpha value is -4.24. The van der Waals surface area contributed by atoms with E-state index in [9.17, 15) is 18.4 Å². The zero-order valence-electron chi connectivity index (χ0n) is 20.3. The van der Waals surface area contributed by atoms with Crippen LogP contribution in [0.15, 0.2) is 77.6 Å². The fraction of sp³-hybridized carbons (Fsp3) is 0.214. The molecule has 1 aliphatic rings. The maximum atomic E-state index is 14.1. The van der Waals surface area contributed by atoms with Gasteiger partial charge in [-0.25, -0.2) is 13.6 Å². The molecule has 1 fully saturated rings. The molecule has 1 aromatic heterocycles. The molecule has 1 saturated heterocycles. The van der Waals surface area contributed by atoms with Crippen LogP contribution in [0.3, 0.4) is 0 Å². The quantitative estimate of drug-likeness (QED) is 0.435. The average molecular weight is 505 g/mol. The Bertz CT molecular complexity index is 1490. The number of carbonyl (C=O) groups is 1. The first-order valence-electron chi connectivity index (χ1n) is 12.0. The van der Waals surface area contributed by atoms with Crippen LogP contribution < -0.4 is 15.7 Å². The van der Waals surface area contributed by atoms with Gasteiger partial charge in [0.1, 0.15) is 11.4 Å². The third-order valence-electron chi connectivity index (χ3n) is 6.44. The summed E-state index contributed by atoms with van der Waals surface area (Å²) in [5.41, 5.74) is 1.56. The van der Waals surface area contributed by atoms with Crippen molar-refractivity contribution >= 4 is 5.91 Å². The van der Waals surface area contributed by atoms with E-state index < -0.39 is 17.3 Å². The van der Waals surface area contributed by atoms with Crippen molar-refractivity contribution in [2.24, 2.45) is 0 Å². The van der Waals surface area contributed by atoms with Crippen LogP contribution in [0.4, 0.5) is 8.78 Å². The number of methoxy groups -OCH3 is 1. The molecular weight excluding hydrogens is 478 g/mol. The molecule has 0 spiro atoms. The molecule has 4 aromatic rings. The molecule has 2 heterocycles. The molecule has 1 amide bonds. The van der Waals surface area contributed by atoms with Crippen molar-refractivity contribution in [2.45, 2.75) is 6.54 Å². The highest BCUT2D eigenvalue weighted by Gasteiger charge is 2.31. The second-order valence-electron chi connectivity index (χ2n) is 8.73. The van der Waals surface area contributed by atoms with Crippen molar-refractivity contribution in [1.29, 1.82) is 0 Å². The molecule has 1 aliphatic heterocycles. The van der Waals surface area contributed by atoms with E-state index in [1.54, 1.807) is 29.2 Å². The van der Waals surface area contributed by atoms with Gasteiger partial charge in [-0.3, -0.25) is 13.9 Å². The number of benzene rings is 3. The number of amides is 1. The monoisotopic (exact) mass is 504 g/mol. The van der Waals surface area contributed by atoms with E-state index in [0.29, 0.717) is 54.4 Å². The van der Waals surface area contributed by atoms with Crippen LogP contribution in [-0.2, 0) is 6.54 Å². The molecule has 1 N–H and O–H groups in total. The highest BCUT2D eigenvalue weighted by molar-refractivity contribution is 5.99. The summed E-state index contributed by atoms with van der Waals surface area (Å²) in [7, 11) is 1.51. The van der Waals surface area contributed by atoms with Crippen molar-refractivity contribution in [2.75, 3.05) is 33.3 Å².